The van der Waals surface area contributed by atoms with E-state index in [2.05, 4.69) is 10.3 Å². The van der Waals surface area contributed by atoms with Gasteiger partial charge in [-0.2, -0.15) is 0 Å². The topological polar surface area (TPSA) is 77.5 Å². The number of hydrogen-bond acceptors (Lipinski definition) is 5. The van der Waals surface area contributed by atoms with Gasteiger partial charge in [0.15, 0.2) is 5.78 Å². The summed E-state index contributed by atoms with van der Waals surface area (Å²) in [7, 11) is 1.54. The summed E-state index contributed by atoms with van der Waals surface area (Å²) in [5.41, 5.74) is 0.783. The summed E-state index contributed by atoms with van der Waals surface area (Å²) < 4.78 is 10.2. The van der Waals surface area contributed by atoms with Gasteiger partial charge >= 0.3 is 6.09 Å². The molecule has 0 aromatic carbocycles. The second-order valence-corrected chi connectivity index (χ2v) is 6.30. The van der Waals surface area contributed by atoms with E-state index in [0.717, 1.165) is 0 Å². The van der Waals surface area contributed by atoms with Crippen LogP contribution in [-0.2, 0) is 4.74 Å². The van der Waals surface area contributed by atoms with Gasteiger partial charge in [-0.15, -0.1) is 0 Å². The minimum absolute atomic E-state index is 0.0509. The maximum absolute atomic E-state index is 12.2. The normalized spacial score (nSPS) is 11.0. The van der Waals surface area contributed by atoms with Gasteiger partial charge in [0, 0.05) is 24.6 Å². The van der Waals surface area contributed by atoms with E-state index in [-0.39, 0.29) is 5.78 Å². The highest BCUT2D eigenvalue weighted by Gasteiger charge is 2.15. The van der Waals surface area contributed by atoms with Gasteiger partial charge in [0.2, 0.25) is 5.88 Å². The van der Waals surface area contributed by atoms with Gasteiger partial charge < -0.3 is 14.8 Å². The van der Waals surface area contributed by atoms with Crippen LogP contribution < -0.4 is 10.1 Å². The first-order valence-electron chi connectivity index (χ1n) is 7.74. The minimum atomic E-state index is -0.501. The van der Waals surface area contributed by atoms with Gasteiger partial charge in [0.1, 0.15) is 5.60 Å². The second kappa shape index (κ2) is 8.50. The van der Waals surface area contributed by atoms with Gasteiger partial charge in [-0.3, -0.25) is 4.79 Å². The molecule has 0 saturated carbocycles. The van der Waals surface area contributed by atoms with Crippen LogP contribution in [-0.4, -0.2) is 36.1 Å². The van der Waals surface area contributed by atoms with E-state index in [9.17, 15) is 9.59 Å². The molecular weight excluding hydrogens is 296 g/mol. The molecule has 0 aliphatic heterocycles. The fourth-order valence-electron chi connectivity index (χ4n) is 2.00. The van der Waals surface area contributed by atoms with Crippen molar-refractivity contribution >= 4 is 11.9 Å². The molecule has 1 aromatic heterocycles. The number of carbonyl (C=O) groups excluding carboxylic acids is 2. The summed E-state index contributed by atoms with van der Waals surface area (Å²) in [6.07, 6.45) is 1.40. The average molecular weight is 322 g/mol. The van der Waals surface area contributed by atoms with Crippen LogP contribution in [0.25, 0.3) is 0 Å². The number of carbonyl (C=O) groups is 2. The molecule has 6 heteroatoms. The van der Waals surface area contributed by atoms with Crippen LogP contribution in [0.2, 0.25) is 0 Å². The molecule has 0 aliphatic carbocycles. The monoisotopic (exact) mass is 322 g/mol. The predicted octanol–water partition coefficient (Wildman–Crippen LogP) is 3.28. The lowest BCUT2D eigenvalue weighted by atomic mass is 10.0. The van der Waals surface area contributed by atoms with Crippen LogP contribution in [0.4, 0.5) is 4.79 Å². The Hall–Kier alpha value is -2.11. The maximum atomic E-state index is 12.2. The number of rotatable bonds is 7. The predicted molar refractivity (Wildman–Crippen MR) is 87.9 cm³/mol. The molecule has 1 N–H and O–H groups in total. The lowest BCUT2D eigenvalue weighted by Gasteiger charge is -2.19. The molecule has 6 nitrogen and oxygen atoms in total. The molecular formula is C17H26N2O4. The van der Waals surface area contributed by atoms with Crippen LogP contribution >= 0.6 is 0 Å². The van der Waals surface area contributed by atoms with Crippen LogP contribution in [0.3, 0.4) is 0 Å². The van der Waals surface area contributed by atoms with Crippen molar-refractivity contribution in [3.8, 4) is 5.88 Å². The van der Waals surface area contributed by atoms with Crippen molar-refractivity contribution in [1.29, 1.82) is 0 Å². The number of ether oxygens (including phenoxy) is 2. The third kappa shape index (κ3) is 7.13. The zero-order valence-corrected chi connectivity index (χ0v) is 14.6. The molecule has 0 spiro atoms. The molecule has 1 heterocycles. The summed E-state index contributed by atoms with van der Waals surface area (Å²) in [6, 6.07) is 3.42. The molecule has 1 amide bonds. The first kappa shape index (κ1) is 18.9. The number of aryl methyl sites for hydroxylation is 1. The minimum Gasteiger partial charge on any atom is -0.481 e. The number of aromatic nitrogens is 1. The number of nitrogens with one attached hydrogen (secondary N) is 1. The molecule has 0 fully saturated rings. The Kier molecular flexibility index (Phi) is 7.00. The van der Waals surface area contributed by atoms with Gasteiger partial charge in [-0.1, -0.05) is 0 Å². The smallest absolute Gasteiger partial charge is 0.407 e. The van der Waals surface area contributed by atoms with Gasteiger partial charge in [-0.25, -0.2) is 9.78 Å². The number of nitrogens with zero attached hydrogens (tertiary/aromatic N) is 1. The lowest BCUT2D eigenvalue weighted by Crippen LogP contribution is -2.33. The summed E-state index contributed by atoms with van der Waals surface area (Å²) in [6.45, 7) is 7.73. The third-order valence-electron chi connectivity index (χ3n) is 3.07. The van der Waals surface area contributed by atoms with E-state index in [4.69, 9.17) is 9.47 Å². The van der Waals surface area contributed by atoms with Crippen LogP contribution in [0, 0.1) is 6.92 Å². The molecule has 0 radical (unpaired) electrons. The SMILES string of the molecule is COc1ccc(C(=O)CCCCNC(=O)OC(C)(C)C)c(C)n1. The molecule has 0 atom stereocenters. The molecule has 0 aliphatic rings. The lowest BCUT2D eigenvalue weighted by molar-refractivity contribution is 0.0527. The highest BCUT2D eigenvalue weighted by molar-refractivity contribution is 5.97. The number of methoxy groups -OCH3 is 1. The Labute approximate surface area is 137 Å². The highest BCUT2D eigenvalue weighted by Crippen LogP contribution is 2.15. The number of amides is 1. The molecule has 23 heavy (non-hydrogen) atoms. The van der Waals surface area contributed by atoms with Crippen molar-refractivity contribution in [2.45, 2.75) is 52.6 Å². The first-order chi connectivity index (χ1) is 10.7. The van der Waals surface area contributed by atoms with Crippen LogP contribution in [0.1, 0.15) is 56.1 Å². The van der Waals surface area contributed by atoms with E-state index in [0.29, 0.717) is 42.9 Å². The standard InChI is InChI=1S/C17H26N2O4/c1-12-13(9-10-15(19-12)22-5)14(20)8-6-7-11-18-16(21)23-17(2,3)4/h9-10H,6-8,11H2,1-5H3,(H,18,21). The zero-order chi connectivity index (χ0) is 17.5. The van der Waals surface area contributed by atoms with Gasteiger partial charge in [0.05, 0.1) is 12.8 Å². The third-order valence-corrected chi connectivity index (χ3v) is 3.07. The Balaban J connectivity index is 2.31. The highest BCUT2D eigenvalue weighted by atomic mass is 16.6. The number of ketones is 1. The van der Waals surface area contributed by atoms with E-state index in [1.54, 1.807) is 26.2 Å². The van der Waals surface area contributed by atoms with Crippen molar-refractivity contribution in [2.75, 3.05) is 13.7 Å². The van der Waals surface area contributed by atoms with E-state index >= 15 is 0 Å². The second-order valence-electron chi connectivity index (χ2n) is 6.30. The van der Waals surface area contributed by atoms with Crippen molar-refractivity contribution in [3.63, 3.8) is 0 Å². The first-order valence-corrected chi connectivity index (χ1v) is 7.74. The van der Waals surface area contributed by atoms with E-state index in [1.807, 2.05) is 20.8 Å². The molecule has 0 bridgehead atoms. The maximum Gasteiger partial charge on any atom is 0.407 e. The van der Waals surface area contributed by atoms with Crippen molar-refractivity contribution < 1.29 is 19.1 Å². The average Bonchev–Trinajstić information content (AvgIpc) is 2.44. The number of Topliss-reactive ketones (excluding diaryl/α,β-unsaturated/α-hetero) is 1. The van der Waals surface area contributed by atoms with Crippen LogP contribution in [0.15, 0.2) is 12.1 Å². The fourth-order valence-corrected chi connectivity index (χ4v) is 2.00. The van der Waals surface area contributed by atoms with Crippen molar-refractivity contribution in [2.24, 2.45) is 0 Å². The van der Waals surface area contributed by atoms with E-state index < -0.39 is 11.7 Å². The fraction of sp³-hybridized carbons (Fsp3) is 0.588. The summed E-state index contributed by atoms with van der Waals surface area (Å²) in [5, 5.41) is 2.68. The van der Waals surface area contributed by atoms with E-state index in [1.165, 1.54) is 0 Å². The quantitative estimate of drug-likeness (QED) is 0.616. The van der Waals surface area contributed by atoms with Crippen LogP contribution in [0.5, 0.6) is 5.88 Å². The molecule has 0 saturated heterocycles. The largest absolute Gasteiger partial charge is 0.481 e. The Bertz CT molecular complexity index is 550. The summed E-state index contributed by atoms with van der Waals surface area (Å²) >= 11 is 0. The molecule has 1 rings (SSSR count). The molecule has 1 aromatic rings. The van der Waals surface area contributed by atoms with Crippen molar-refractivity contribution in [3.05, 3.63) is 23.4 Å². The van der Waals surface area contributed by atoms with Crippen molar-refractivity contribution in [1.82, 2.24) is 10.3 Å². The number of unbranched alkanes of at least 4 members (excludes halogenated alkanes) is 1. The molecule has 0 unspecified atom stereocenters. The zero-order valence-electron chi connectivity index (χ0n) is 14.6. The Morgan fingerprint density at radius 1 is 1.22 bits per heavy atom. The summed E-state index contributed by atoms with van der Waals surface area (Å²) in [4.78, 5) is 27.8. The Morgan fingerprint density at radius 2 is 1.91 bits per heavy atom. The molecule has 128 valence electrons. The van der Waals surface area contributed by atoms with Gasteiger partial charge in [-0.05, 0) is 46.6 Å². The number of alkyl carbamates (subject to hydrolysis) is 1. The Morgan fingerprint density at radius 3 is 2.48 bits per heavy atom. The number of hydrogen-bond donors (Lipinski definition) is 1. The number of pyridine rings is 1. The van der Waals surface area contributed by atoms with Gasteiger partial charge in [0.25, 0.3) is 0 Å². The summed E-state index contributed by atoms with van der Waals surface area (Å²) in [5.74, 6) is 0.551.